The number of amides is 1. The minimum atomic E-state index is -0.879. The number of rotatable bonds is 3. The van der Waals surface area contributed by atoms with Crippen molar-refractivity contribution in [3.63, 3.8) is 0 Å². The standard InChI is InChI=1S/C22H17F2N5O2/c1-28-10-14(8-26-28)17-12-29(11-13-4-2-3-5-16(13)17)22(30)20-7-19(27-31-20)21-18(24)6-15(23)9-25-21/h2-10,17H,11-12H2,1H3. The van der Waals surface area contributed by atoms with Gasteiger partial charge in [0.1, 0.15) is 17.2 Å². The molecule has 1 atom stereocenters. The third kappa shape index (κ3) is 3.48. The van der Waals surface area contributed by atoms with Crippen molar-refractivity contribution in [3.8, 4) is 11.4 Å². The Morgan fingerprint density at radius 1 is 1.19 bits per heavy atom. The van der Waals surface area contributed by atoms with Gasteiger partial charge in [0.2, 0.25) is 5.76 Å². The Labute approximate surface area is 175 Å². The molecule has 1 aromatic carbocycles. The molecular formula is C22H17F2N5O2. The number of fused-ring (bicyclic) bond motifs is 1. The van der Waals surface area contributed by atoms with Crippen molar-refractivity contribution in [1.29, 1.82) is 0 Å². The molecule has 1 aliphatic heterocycles. The van der Waals surface area contributed by atoms with Gasteiger partial charge in [0.05, 0.1) is 12.4 Å². The van der Waals surface area contributed by atoms with Crippen LogP contribution in [0.15, 0.2) is 59.5 Å². The summed E-state index contributed by atoms with van der Waals surface area (Å²) in [5.74, 6) is -2.12. The van der Waals surface area contributed by atoms with Crippen molar-refractivity contribution < 1.29 is 18.1 Å². The zero-order valence-electron chi connectivity index (χ0n) is 16.5. The van der Waals surface area contributed by atoms with Gasteiger partial charge in [-0.25, -0.2) is 13.8 Å². The van der Waals surface area contributed by atoms with E-state index >= 15 is 0 Å². The van der Waals surface area contributed by atoms with Crippen molar-refractivity contribution in [2.45, 2.75) is 12.5 Å². The van der Waals surface area contributed by atoms with Crippen molar-refractivity contribution >= 4 is 5.91 Å². The summed E-state index contributed by atoms with van der Waals surface area (Å²) in [4.78, 5) is 18.5. The maximum Gasteiger partial charge on any atom is 0.292 e. The fourth-order valence-corrected chi connectivity index (χ4v) is 3.91. The van der Waals surface area contributed by atoms with Crippen LogP contribution in [0.2, 0.25) is 0 Å². The number of halogens is 2. The molecule has 0 N–H and O–H groups in total. The Kier molecular flexibility index (Phi) is 4.58. The first-order valence-corrected chi connectivity index (χ1v) is 9.63. The number of benzene rings is 1. The van der Waals surface area contributed by atoms with Crippen LogP contribution in [0.5, 0.6) is 0 Å². The zero-order chi connectivity index (χ0) is 21.5. The van der Waals surface area contributed by atoms with E-state index in [1.165, 1.54) is 6.07 Å². The summed E-state index contributed by atoms with van der Waals surface area (Å²) in [5, 5.41) is 8.02. The summed E-state index contributed by atoms with van der Waals surface area (Å²) < 4.78 is 34.1. The Morgan fingerprint density at radius 3 is 2.81 bits per heavy atom. The summed E-state index contributed by atoms with van der Waals surface area (Å²) in [6, 6.07) is 9.99. The number of aryl methyl sites for hydroxylation is 1. The summed E-state index contributed by atoms with van der Waals surface area (Å²) in [6.07, 6.45) is 4.62. The Morgan fingerprint density at radius 2 is 2.03 bits per heavy atom. The number of pyridine rings is 1. The predicted octanol–water partition coefficient (Wildman–Crippen LogP) is 3.54. The molecule has 0 saturated heterocycles. The lowest BCUT2D eigenvalue weighted by Crippen LogP contribution is -2.38. The lowest BCUT2D eigenvalue weighted by Gasteiger charge is -2.33. The topological polar surface area (TPSA) is 77.0 Å². The maximum absolute atomic E-state index is 14.0. The molecule has 7 nitrogen and oxygen atoms in total. The van der Waals surface area contributed by atoms with Gasteiger partial charge in [-0.15, -0.1) is 0 Å². The van der Waals surface area contributed by atoms with Gasteiger partial charge >= 0.3 is 0 Å². The van der Waals surface area contributed by atoms with Crippen LogP contribution in [-0.4, -0.2) is 37.3 Å². The molecular weight excluding hydrogens is 404 g/mol. The molecule has 0 spiro atoms. The van der Waals surface area contributed by atoms with Gasteiger partial charge in [-0.3, -0.25) is 9.48 Å². The Balaban J connectivity index is 1.45. The highest BCUT2D eigenvalue weighted by atomic mass is 19.1. The van der Waals surface area contributed by atoms with Crippen LogP contribution in [0, 0.1) is 11.6 Å². The molecule has 0 radical (unpaired) electrons. The maximum atomic E-state index is 14.0. The molecule has 0 saturated carbocycles. The Hall–Kier alpha value is -3.88. The molecule has 1 aliphatic rings. The van der Waals surface area contributed by atoms with Crippen LogP contribution in [0.4, 0.5) is 8.78 Å². The summed E-state index contributed by atoms with van der Waals surface area (Å²) >= 11 is 0. The number of hydrogen-bond acceptors (Lipinski definition) is 5. The largest absolute Gasteiger partial charge is 0.350 e. The first-order chi connectivity index (χ1) is 15.0. The third-order valence-electron chi connectivity index (χ3n) is 5.38. The van der Waals surface area contributed by atoms with Gasteiger partial charge in [-0.2, -0.15) is 5.10 Å². The van der Waals surface area contributed by atoms with Crippen LogP contribution in [0.25, 0.3) is 11.4 Å². The highest BCUT2D eigenvalue weighted by Gasteiger charge is 2.32. The lowest BCUT2D eigenvalue weighted by molar-refractivity contribution is 0.0683. The minimum Gasteiger partial charge on any atom is -0.350 e. The molecule has 0 aliphatic carbocycles. The average molecular weight is 421 g/mol. The van der Waals surface area contributed by atoms with E-state index in [0.29, 0.717) is 19.2 Å². The van der Waals surface area contributed by atoms with Crippen molar-refractivity contribution in [2.24, 2.45) is 7.05 Å². The molecule has 9 heteroatoms. The molecule has 1 unspecified atom stereocenters. The van der Waals surface area contributed by atoms with Crippen LogP contribution in [-0.2, 0) is 13.6 Å². The quantitative estimate of drug-likeness (QED) is 0.506. The van der Waals surface area contributed by atoms with Gasteiger partial charge in [0, 0.05) is 44.4 Å². The van der Waals surface area contributed by atoms with Crippen LogP contribution >= 0.6 is 0 Å². The molecule has 0 bridgehead atoms. The normalized spacial score (nSPS) is 15.7. The summed E-state index contributed by atoms with van der Waals surface area (Å²) in [7, 11) is 1.85. The van der Waals surface area contributed by atoms with Gasteiger partial charge in [-0.05, 0) is 16.7 Å². The fourth-order valence-electron chi connectivity index (χ4n) is 3.91. The number of aromatic nitrogens is 4. The molecule has 156 valence electrons. The number of hydrogen-bond donors (Lipinski definition) is 0. The highest BCUT2D eigenvalue weighted by molar-refractivity contribution is 5.92. The van der Waals surface area contributed by atoms with E-state index in [9.17, 15) is 13.6 Å². The van der Waals surface area contributed by atoms with E-state index in [1.807, 2.05) is 31.4 Å². The molecule has 4 aromatic rings. The van der Waals surface area contributed by atoms with Crippen LogP contribution in [0.3, 0.4) is 0 Å². The first kappa shape index (κ1) is 19.1. The summed E-state index contributed by atoms with van der Waals surface area (Å²) in [6.45, 7) is 0.839. The summed E-state index contributed by atoms with van der Waals surface area (Å²) in [5.41, 5.74) is 3.03. The number of carbonyl (C=O) groups excluding carboxylic acids is 1. The van der Waals surface area contributed by atoms with Gasteiger partial charge < -0.3 is 9.42 Å². The second-order valence-corrected chi connectivity index (χ2v) is 7.44. The predicted molar refractivity (Wildman–Crippen MR) is 106 cm³/mol. The SMILES string of the molecule is Cn1cc(C2CN(C(=O)c3cc(-c4ncc(F)cc4F)no3)Cc3ccccc32)cn1. The van der Waals surface area contributed by atoms with Crippen LogP contribution in [0.1, 0.15) is 33.2 Å². The van der Waals surface area contributed by atoms with E-state index in [2.05, 4.69) is 21.3 Å². The van der Waals surface area contributed by atoms with Crippen molar-refractivity contribution in [3.05, 3.63) is 89.1 Å². The molecule has 1 amide bonds. The van der Waals surface area contributed by atoms with Gasteiger partial charge in [-0.1, -0.05) is 29.4 Å². The molecule has 31 heavy (non-hydrogen) atoms. The van der Waals surface area contributed by atoms with Crippen molar-refractivity contribution in [2.75, 3.05) is 6.54 Å². The van der Waals surface area contributed by atoms with E-state index in [0.717, 1.165) is 22.9 Å². The monoisotopic (exact) mass is 421 g/mol. The highest BCUT2D eigenvalue weighted by Crippen LogP contribution is 2.34. The molecule has 5 rings (SSSR count). The first-order valence-electron chi connectivity index (χ1n) is 9.63. The van der Waals surface area contributed by atoms with E-state index in [1.54, 1.807) is 15.8 Å². The van der Waals surface area contributed by atoms with E-state index in [4.69, 9.17) is 4.52 Å². The zero-order valence-corrected chi connectivity index (χ0v) is 16.5. The molecule has 4 heterocycles. The second kappa shape index (κ2) is 7.42. The van der Waals surface area contributed by atoms with E-state index in [-0.39, 0.29) is 29.0 Å². The number of nitrogens with zero attached hydrogens (tertiary/aromatic N) is 5. The molecule has 3 aromatic heterocycles. The molecule has 0 fully saturated rings. The second-order valence-electron chi connectivity index (χ2n) is 7.44. The van der Waals surface area contributed by atoms with Crippen molar-refractivity contribution in [1.82, 2.24) is 24.8 Å². The van der Waals surface area contributed by atoms with Gasteiger partial charge in [0.25, 0.3) is 5.91 Å². The fraction of sp³-hybridized carbons (Fsp3) is 0.182. The van der Waals surface area contributed by atoms with Gasteiger partial charge in [0.15, 0.2) is 5.82 Å². The number of carbonyl (C=O) groups is 1. The van der Waals surface area contributed by atoms with E-state index < -0.39 is 11.6 Å². The average Bonchev–Trinajstić information content (AvgIpc) is 3.42. The smallest absolute Gasteiger partial charge is 0.292 e. The van der Waals surface area contributed by atoms with Crippen LogP contribution < -0.4 is 0 Å². The lowest BCUT2D eigenvalue weighted by atomic mass is 9.86. The Bertz CT molecular complexity index is 1280. The third-order valence-corrected chi connectivity index (χ3v) is 5.38. The minimum absolute atomic E-state index is 0.0297.